The predicted octanol–water partition coefficient (Wildman–Crippen LogP) is 0.442. The van der Waals surface area contributed by atoms with Crippen LogP contribution in [0.1, 0.15) is 6.23 Å². The summed E-state index contributed by atoms with van der Waals surface area (Å²) in [6, 6.07) is 1.64. The summed E-state index contributed by atoms with van der Waals surface area (Å²) in [6.07, 6.45) is 0.637. The number of ether oxygens (including phenoxy) is 1. The van der Waals surface area contributed by atoms with Gasteiger partial charge in [-0.2, -0.15) is 0 Å². The van der Waals surface area contributed by atoms with Crippen molar-refractivity contribution in [1.29, 1.82) is 0 Å². The van der Waals surface area contributed by atoms with Crippen molar-refractivity contribution in [1.82, 2.24) is 14.5 Å². The number of halogens is 1. The second-order valence-corrected chi connectivity index (χ2v) is 5.55. The van der Waals surface area contributed by atoms with Crippen molar-refractivity contribution in [2.45, 2.75) is 24.5 Å². The number of aliphatic hydroxyl groups is 3. The van der Waals surface area contributed by atoms with Crippen LogP contribution in [0.3, 0.4) is 0 Å². The van der Waals surface area contributed by atoms with E-state index < -0.39 is 37.0 Å². The van der Waals surface area contributed by atoms with Gasteiger partial charge in [0.2, 0.25) is 0 Å². The van der Waals surface area contributed by atoms with Gasteiger partial charge >= 0.3 is 0 Å². The molecule has 1 saturated heterocycles. The number of nitrogens with zero attached hydrogens (tertiary/aromatic N) is 3. The van der Waals surface area contributed by atoms with E-state index in [1.807, 2.05) is 0 Å². The molecule has 0 radical (unpaired) electrons. The fourth-order valence-electron chi connectivity index (χ4n) is 2.96. The number of hydrogen-bond acceptors (Lipinski definition) is 7. The Morgan fingerprint density at radius 2 is 2.08 bits per heavy atom. The lowest BCUT2D eigenvalue weighted by atomic mass is 10.1. The van der Waals surface area contributed by atoms with Crippen LogP contribution >= 0.6 is 0 Å². The first-order valence-electron chi connectivity index (χ1n) is 7.28. The first-order chi connectivity index (χ1) is 11.6. The average molecular weight is 335 g/mol. The largest absolute Gasteiger partial charge is 0.472 e. The number of furan rings is 1. The van der Waals surface area contributed by atoms with Gasteiger partial charge in [-0.1, -0.05) is 0 Å². The minimum absolute atomic E-state index is 0.150. The van der Waals surface area contributed by atoms with E-state index in [9.17, 15) is 19.7 Å². The second kappa shape index (κ2) is 5.64. The van der Waals surface area contributed by atoms with E-state index >= 15 is 0 Å². The van der Waals surface area contributed by atoms with E-state index in [1.165, 1.54) is 23.4 Å². The van der Waals surface area contributed by atoms with Gasteiger partial charge in [0.05, 0.1) is 30.2 Å². The van der Waals surface area contributed by atoms with Gasteiger partial charge in [0.25, 0.3) is 0 Å². The van der Waals surface area contributed by atoms with Crippen molar-refractivity contribution < 1.29 is 28.9 Å². The zero-order valence-electron chi connectivity index (χ0n) is 12.3. The summed E-state index contributed by atoms with van der Waals surface area (Å²) in [6.45, 7) is -0.467. The van der Waals surface area contributed by atoms with Crippen LogP contribution in [0.25, 0.3) is 22.3 Å². The fourth-order valence-corrected chi connectivity index (χ4v) is 2.96. The molecule has 0 unspecified atom stereocenters. The molecule has 4 rings (SSSR count). The summed E-state index contributed by atoms with van der Waals surface area (Å²) in [5.74, 6) is -0.598. The molecule has 0 aromatic carbocycles. The van der Waals surface area contributed by atoms with Crippen LogP contribution in [0.4, 0.5) is 4.39 Å². The van der Waals surface area contributed by atoms with E-state index in [2.05, 4.69) is 9.97 Å². The molecule has 1 fully saturated rings. The van der Waals surface area contributed by atoms with Gasteiger partial charge in [-0.15, -0.1) is 0 Å². The summed E-state index contributed by atoms with van der Waals surface area (Å²) in [5.41, 5.74) is 1.13. The van der Waals surface area contributed by atoms with Gasteiger partial charge in [0.1, 0.15) is 30.3 Å². The van der Waals surface area contributed by atoms with Crippen LogP contribution in [0.2, 0.25) is 0 Å². The number of rotatable bonds is 3. The monoisotopic (exact) mass is 335 g/mol. The van der Waals surface area contributed by atoms with Crippen LogP contribution in [0.5, 0.6) is 0 Å². The lowest BCUT2D eigenvalue weighted by Gasteiger charge is -2.17. The Bertz CT molecular complexity index is 866. The Morgan fingerprint density at radius 1 is 1.25 bits per heavy atom. The summed E-state index contributed by atoms with van der Waals surface area (Å²) in [7, 11) is 0. The summed E-state index contributed by atoms with van der Waals surface area (Å²) < 4.78 is 26.3. The number of fused-ring (bicyclic) bond motifs is 1. The van der Waals surface area contributed by atoms with E-state index in [4.69, 9.17) is 9.15 Å². The maximum atomic E-state index is 14.5. The molecule has 9 heteroatoms. The SMILES string of the molecule is OC[C@H]1O[C@@H](n2cc(F)c3c(-c4ccoc4)ncnc32)[C@H](O)[C@@H]1O. The van der Waals surface area contributed by atoms with Gasteiger partial charge < -0.3 is 29.0 Å². The fraction of sp³-hybridized carbons (Fsp3) is 0.333. The van der Waals surface area contributed by atoms with Crippen molar-refractivity contribution in [3.05, 3.63) is 36.9 Å². The average Bonchev–Trinajstić information content (AvgIpc) is 3.29. The third kappa shape index (κ3) is 2.13. The molecule has 3 aromatic heterocycles. The molecule has 0 spiro atoms. The van der Waals surface area contributed by atoms with Crippen molar-refractivity contribution in [3.8, 4) is 11.3 Å². The molecule has 1 aliphatic rings. The minimum Gasteiger partial charge on any atom is -0.472 e. The quantitative estimate of drug-likeness (QED) is 0.636. The Balaban J connectivity index is 1.86. The Morgan fingerprint density at radius 3 is 2.75 bits per heavy atom. The highest BCUT2D eigenvalue weighted by Gasteiger charge is 2.44. The van der Waals surface area contributed by atoms with E-state index in [0.29, 0.717) is 11.3 Å². The molecule has 0 bridgehead atoms. The molecule has 126 valence electrons. The van der Waals surface area contributed by atoms with Crippen LogP contribution in [-0.2, 0) is 4.74 Å². The molecular weight excluding hydrogens is 321 g/mol. The van der Waals surface area contributed by atoms with Crippen LogP contribution < -0.4 is 0 Å². The number of aliphatic hydroxyl groups excluding tert-OH is 3. The highest BCUT2D eigenvalue weighted by Crippen LogP contribution is 2.35. The zero-order valence-corrected chi connectivity index (χ0v) is 12.3. The summed E-state index contributed by atoms with van der Waals surface area (Å²) >= 11 is 0. The summed E-state index contributed by atoms with van der Waals surface area (Å²) in [5, 5.41) is 29.4. The van der Waals surface area contributed by atoms with Crippen LogP contribution in [0.15, 0.2) is 35.5 Å². The highest BCUT2D eigenvalue weighted by molar-refractivity contribution is 5.91. The lowest BCUT2D eigenvalue weighted by Crippen LogP contribution is -2.33. The number of aromatic nitrogens is 3. The third-order valence-corrected chi connectivity index (χ3v) is 4.15. The van der Waals surface area contributed by atoms with E-state index in [-0.39, 0.29) is 11.0 Å². The minimum atomic E-state index is -1.33. The molecule has 3 N–H and O–H groups in total. The Labute approximate surface area is 134 Å². The van der Waals surface area contributed by atoms with Crippen molar-refractivity contribution in [2.24, 2.45) is 0 Å². The van der Waals surface area contributed by atoms with Crippen molar-refractivity contribution in [3.63, 3.8) is 0 Å². The summed E-state index contributed by atoms with van der Waals surface area (Å²) in [4.78, 5) is 8.17. The predicted molar refractivity (Wildman–Crippen MR) is 78.2 cm³/mol. The lowest BCUT2D eigenvalue weighted by molar-refractivity contribution is -0.0510. The van der Waals surface area contributed by atoms with Gasteiger partial charge in [0, 0.05) is 11.8 Å². The van der Waals surface area contributed by atoms with Gasteiger partial charge in [0.15, 0.2) is 12.0 Å². The molecule has 4 atom stereocenters. The normalized spacial score (nSPS) is 27.2. The van der Waals surface area contributed by atoms with Gasteiger partial charge in [-0.05, 0) is 6.07 Å². The van der Waals surface area contributed by atoms with Gasteiger partial charge in [-0.3, -0.25) is 0 Å². The van der Waals surface area contributed by atoms with E-state index in [1.54, 1.807) is 6.07 Å². The zero-order chi connectivity index (χ0) is 16.8. The molecule has 24 heavy (non-hydrogen) atoms. The molecule has 3 aromatic rings. The standard InChI is InChI=1S/C15H14FN3O5/c16-8-3-19(15-13(22)12(21)9(4-20)24-15)14-10(8)11(17-6-18-14)7-1-2-23-5-7/h1-3,5-6,9,12-13,15,20-22H,4H2/t9-,12-,13-,15-/m1/s1. The molecule has 0 saturated carbocycles. The number of hydrogen-bond donors (Lipinski definition) is 3. The third-order valence-electron chi connectivity index (χ3n) is 4.15. The smallest absolute Gasteiger partial charge is 0.164 e. The topological polar surface area (TPSA) is 114 Å². The first-order valence-corrected chi connectivity index (χ1v) is 7.28. The van der Waals surface area contributed by atoms with Crippen molar-refractivity contribution in [2.75, 3.05) is 6.61 Å². The molecule has 0 amide bonds. The Kier molecular flexibility index (Phi) is 3.57. The maximum absolute atomic E-state index is 14.5. The molecule has 1 aliphatic heterocycles. The first kappa shape index (κ1) is 15.2. The second-order valence-electron chi connectivity index (χ2n) is 5.55. The molecule has 4 heterocycles. The maximum Gasteiger partial charge on any atom is 0.164 e. The Hall–Kier alpha value is -2.33. The van der Waals surface area contributed by atoms with Crippen LogP contribution in [-0.4, -0.2) is 54.8 Å². The van der Waals surface area contributed by atoms with E-state index in [0.717, 1.165) is 6.20 Å². The highest BCUT2D eigenvalue weighted by atomic mass is 19.1. The molecule has 8 nitrogen and oxygen atoms in total. The van der Waals surface area contributed by atoms with Crippen LogP contribution in [0, 0.1) is 5.82 Å². The molecular formula is C15H14FN3O5. The molecule has 0 aliphatic carbocycles. The van der Waals surface area contributed by atoms with Crippen molar-refractivity contribution >= 4 is 11.0 Å². The van der Waals surface area contributed by atoms with Gasteiger partial charge in [-0.25, -0.2) is 14.4 Å².